The molecule has 0 saturated heterocycles. The summed E-state index contributed by atoms with van der Waals surface area (Å²) in [5.41, 5.74) is 9.93. The third-order valence-electron chi connectivity index (χ3n) is 7.44. The van der Waals surface area contributed by atoms with Gasteiger partial charge in [-0.05, 0) is 28.3 Å². The molecule has 0 spiro atoms. The lowest BCUT2D eigenvalue weighted by atomic mass is 9.77. The van der Waals surface area contributed by atoms with Crippen molar-refractivity contribution >= 4 is 5.82 Å². The molecular weight excluding hydrogens is 520 g/mol. The van der Waals surface area contributed by atoms with Crippen LogP contribution in [0.4, 0.5) is 5.82 Å². The van der Waals surface area contributed by atoms with Crippen LogP contribution in [-0.2, 0) is 5.54 Å². The van der Waals surface area contributed by atoms with Crippen molar-refractivity contribution in [1.29, 1.82) is 10.5 Å². The molecule has 2 heterocycles. The monoisotopic (exact) mass is 544 g/mol. The van der Waals surface area contributed by atoms with Crippen LogP contribution in [0.1, 0.15) is 27.8 Å². The minimum absolute atomic E-state index is 0.0570. The third kappa shape index (κ3) is 4.23. The predicted octanol–water partition coefficient (Wildman–Crippen LogP) is 6.07. The number of nitrogen functional groups attached to an aromatic ring is 1. The van der Waals surface area contributed by atoms with Gasteiger partial charge in [0.1, 0.15) is 34.6 Å². The number of nitrogens with zero attached hydrogens (tertiary/aromatic N) is 4. The van der Waals surface area contributed by atoms with Gasteiger partial charge in [0.05, 0.1) is 5.69 Å². The number of H-pyrrole nitrogens is 1. The number of rotatable bonds is 6. The standard InChI is InChI=1S/C35H24N6O/c36-22-29-32(30(23-37)34(42)39-33(29)38)25-18-16-24(17-19-25)31-20-21-41(40-31)35(26-10-4-1-5-11-26,27-12-6-2-7-13-27)28-14-8-3-9-15-28/h1-21H,(H3,38,39,42). The number of hydrogen-bond acceptors (Lipinski definition) is 5. The van der Waals surface area contributed by atoms with Gasteiger partial charge in [0.15, 0.2) is 0 Å². The highest BCUT2D eigenvalue weighted by molar-refractivity contribution is 5.81. The fraction of sp³-hybridized carbons (Fsp3) is 0.0286. The van der Waals surface area contributed by atoms with Crippen molar-refractivity contribution in [2.45, 2.75) is 5.54 Å². The van der Waals surface area contributed by atoms with Crippen LogP contribution in [0.3, 0.4) is 0 Å². The molecule has 0 amide bonds. The molecule has 4 aromatic carbocycles. The molecular formula is C35H24N6O. The van der Waals surface area contributed by atoms with E-state index in [0.717, 1.165) is 27.9 Å². The summed E-state index contributed by atoms with van der Waals surface area (Å²) < 4.78 is 2.00. The minimum Gasteiger partial charge on any atom is -0.384 e. The fourth-order valence-electron chi connectivity index (χ4n) is 5.54. The average molecular weight is 545 g/mol. The molecule has 0 aliphatic heterocycles. The molecule has 0 bridgehead atoms. The Morgan fingerprint density at radius 2 is 1.14 bits per heavy atom. The molecule has 0 fully saturated rings. The number of aromatic amines is 1. The van der Waals surface area contributed by atoms with Crippen molar-refractivity contribution in [2.24, 2.45) is 0 Å². The van der Waals surface area contributed by atoms with Gasteiger partial charge in [0.25, 0.3) is 5.56 Å². The molecule has 3 N–H and O–H groups in total. The van der Waals surface area contributed by atoms with Gasteiger partial charge in [-0.1, -0.05) is 115 Å². The second-order valence-electron chi connectivity index (χ2n) is 9.75. The minimum atomic E-state index is -0.742. The van der Waals surface area contributed by atoms with E-state index in [1.165, 1.54) is 0 Å². The van der Waals surface area contributed by atoms with Gasteiger partial charge < -0.3 is 10.7 Å². The number of pyridine rings is 1. The van der Waals surface area contributed by atoms with Crippen molar-refractivity contribution in [3.05, 3.63) is 166 Å². The van der Waals surface area contributed by atoms with E-state index in [1.54, 1.807) is 12.1 Å². The highest BCUT2D eigenvalue weighted by atomic mass is 16.1. The van der Waals surface area contributed by atoms with E-state index in [-0.39, 0.29) is 22.5 Å². The Morgan fingerprint density at radius 1 is 0.667 bits per heavy atom. The van der Waals surface area contributed by atoms with E-state index in [9.17, 15) is 15.3 Å². The van der Waals surface area contributed by atoms with Gasteiger partial charge in [-0.3, -0.25) is 9.48 Å². The van der Waals surface area contributed by atoms with Crippen LogP contribution in [-0.4, -0.2) is 14.8 Å². The van der Waals surface area contributed by atoms with Gasteiger partial charge in [-0.2, -0.15) is 15.6 Å². The molecule has 0 radical (unpaired) electrons. The zero-order valence-electron chi connectivity index (χ0n) is 22.4. The number of anilines is 1. The Bertz CT molecular complexity index is 1920. The van der Waals surface area contributed by atoms with Crippen LogP contribution in [0.2, 0.25) is 0 Å². The van der Waals surface area contributed by atoms with Gasteiger partial charge in [-0.15, -0.1) is 0 Å². The van der Waals surface area contributed by atoms with E-state index in [2.05, 4.69) is 41.4 Å². The summed E-state index contributed by atoms with van der Waals surface area (Å²) in [6, 6.07) is 44.0. The lowest BCUT2D eigenvalue weighted by Gasteiger charge is -2.36. The van der Waals surface area contributed by atoms with E-state index >= 15 is 0 Å². The second-order valence-corrected chi connectivity index (χ2v) is 9.75. The largest absolute Gasteiger partial charge is 0.384 e. The van der Waals surface area contributed by atoms with Gasteiger partial charge >= 0.3 is 0 Å². The normalized spacial score (nSPS) is 11.0. The van der Waals surface area contributed by atoms with Crippen LogP contribution in [0.5, 0.6) is 0 Å². The zero-order chi connectivity index (χ0) is 29.1. The summed E-state index contributed by atoms with van der Waals surface area (Å²) in [7, 11) is 0. The van der Waals surface area contributed by atoms with E-state index in [0.29, 0.717) is 5.56 Å². The Morgan fingerprint density at radius 3 is 1.62 bits per heavy atom. The molecule has 0 saturated carbocycles. The van der Waals surface area contributed by atoms with Crippen LogP contribution in [0, 0.1) is 22.7 Å². The topological polar surface area (TPSA) is 124 Å². The molecule has 6 aromatic rings. The summed E-state index contributed by atoms with van der Waals surface area (Å²) in [4.78, 5) is 14.8. The van der Waals surface area contributed by atoms with E-state index < -0.39 is 11.1 Å². The third-order valence-corrected chi connectivity index (χ3v) is 7.44. The maximum atomic E-state index is 12.4. The maximum absolute atomic E-state index is 12.4. The molecule has 0 aliphatic carbocycles. The number of benzene rings is 4. The number of nitriles is 2. The SMILES string of the molecule is N#Cc1c(N)[nH]c(=O)c(C#N)c1-c1ccc(-c2ccn(C(c3ccccc3)(c3ccccc3)c3ccccc3)n2)cc1. The molecule has 7 heteroatoms. The van der Waals surface area contributed by atoms with Gasteiger partial charge in [0.2, 0.25) is 0 Å². The van der Waals surface area contributed by atoms with Crippen molar-refractivity contribution < 1.29 is 0 Å². The molecule has 6 rings (SSSR count). The summed E-state index contributed by atoms with van der Waals surface area (Å²) in [6.07, 6.45) is 1.98. The van der Waals surface area contributed by atoms with Crippen molar-refractivity contribution in [1.82, 2.24) is 14.8 Å². The molecule has 0 unspecified atom stereocenters. The first-order chi connectivity index (χ1) is 20.6. The van der Waals surface area contributed by atoms with E-state index in [4.69, 9.17) is 10.8 Å². The van der Waals surface area contributed by atoms with Crippen molar-refractivity contribution in [2.75, 3.05) is 5.73 Å². The molecule has 200 valence electrons. The number of nitrogens with one attached hydrogen (secondary N) is 1. The Balaban J connectivity index is 1.51. The first kappa shape index (κ1) is 26.1. The first-order valence-electron chi connectivity index (χ1n) is 13.3. The summed E-state index contributed by atoms with van der Waals surface area (Å²) in [5, 5.41) is 24.4. The van der Waals surface area contributed by atoms with Gasteiger partial charge in [-0.25, -0.2) is 0 Å². The molecule has 0 aliphatic rings. The zero-order valence-corrected chi connectivity index (χ0v) is 22.4. The van der Waals surface area contributed by atoms with Crippen molar-refractivity contribution in [3.63, 3.8) is 0 Å². The quantitative estimate of drug-likeness (QED) is 0.246. The number of aromatic nitrogens is 3. The maximum Gasteiger partial charge on any atom is 0.268 e. The average Bonchev–Trinajstić information content (AvgIpc) is 3.53. The van der Waals surface area contributed by atoms with Crippen LogP contribution in [0.15, 0.2) is 132 Å². The molecule has 2 aromatic heterocycles. The Labute approximate surface area is 242 Å². The number of hydrogen-bond donors (Lipinski definition) is 2. The summed E-state index contributed by atoms with van der Waals surface area (Å²) in [6.45, 7) is 0. The smallest absolute Gasteiger partial charge is 0.268 e. The fourth-order valence-corrected chi connectivity index (χ4v) is 5.54. The molecule has 7 nitrogen and oxygen atoms in total. The molecule has 0 atom stereocenters. The van der Waals surface area contributed by atoms with Gasteiger partial charge in [0, 0.05) is 17.3 Å². The second kappa shape index (κ2) is 10.8. The van der Waals surface area contributed by atoms with Crippen molar-refractivity contribution in [3.8, 4) is 34.5 Å². The van der Waals surface area contributed by atoms with Crippen LogP contribution >= 0.6 is 0 Å². The number of nitrogens with two attached hydrogens (primary N) is 1. The Kier molecular flexibility index (Phi) is 6.68. The summed E-state index contributed by atoms with van der Waals surface area (Å²) in [5.74, 6) is -0.0709. The lowest BCUT2D eigenvalue weighted by Crippen LogP contribution is -2.38. The van der Waals surface area contributed by atoms with Crippen LogP contribution in [0.25, 0.3) is 22.4 Å². The first-order valence-corrected chi connectivity index (χ1v) is 13.3. The molecule has 42 heavy (non-hydrogen) atoms. The lowest BCUT2D eigenvalue weighted by molar-refractivity contribution is 0.461. The highest BCUT2D eigenvalue weighted by Gasteiger charge is 2.39. The highest BCUT2D eigenvalue weighted by Crippen LogP contribution is 2.41. The predicted molar refractivity (Wildman–Crippen MR) is 162 cm³/mol. The Hall–Kier alpha value is -6.18. The van der Waals surface area contributed by atoms with E-state index in [1.807, 2.05) is 95.8 Å². The van der Waals surface area contributed by atoms with Crippen LogP contribution < -0.4 is 11.3 Å². The summed E-state index contributed by atoms with van der Waals surface area (Å²) >= 11 is 0.